The van der Waals surface area contributed by atoms with E-state index in [2.05, 4.69) is 36.8 Å². The monoisotopic (exact) mass is 283 g/mol. The highest BCUT2D eigenvalue weighted by atomic mass is 79.9. The fourth-order valence-corrected chi connectivity index (χ4v) is 3.21. The number of Topliss-reactive ketones (excluding diaryl/α,β-unsaturated/α-hetero) is 1. The molecule has 0 saturated carbocycles. The molecule has 0 aliphatic rings. The van der Waals surface area contributed by atoms with Gasteiger partial charge in [0, 0.05) is 6.92 Å². The molecule has 1 heterocycles. The summed E-state index contributed by atoms with van der Waals surface area (Å²) in [4.78, 5) is 14.7. The van der Waals surface area contributed by atoms with Crippen LogP contribution in [0.2, 0.25) is 0 Å². The van der Waals surface area contributed by atoms with Gasteiger partial charge in [0.25, 0.3) is 0 Å². The first-order valence-electron chi connectivity index (χ1n) is 2.44. The van der Waals surface area contributed by atoms with Crippen molar-refractivity contribution in [3.8, 4) is 0 Å². The van der Waals surface area contributed by atoms with Gasteiger partial charge in [-0.15, -0.1) is 0 Å². The van der Waals surface area contributed by atoms with Crippen molar-refractivity contribution in [2.45, 2.75) is 6.92 Å². The molecular formula is C5H3Br2NOS. The molecule has 0 fully saturated rings. The van der Waals surface area contributed by atoms with E-state index in [1.807, 2.05) is 0 Å². The fourth-order valence-electron chi connectivity index (χ4n) is 0.494. The molecule has 0 spiro atoms. The maximum Gasteiger partial charge on any atom is 0.180 e. The van der Waals surface area contributed by atoms with Crippen LogP contribution in [0.15, 0.2) is 7.70 Å². The zero-order valence-corrected chi connectivity index (χ0v) is 9.01. The minimum absolute atomic E-state index is 0.0196. The van der Waals surface area contributed by atoms with Crippen LogP contribution in [0.3, 0.4) is 0 Å². The predicted octanol–water partition coefficient (Wildman–Crippen LogP) is 2.87. The summed E-state index contributed by atoms with van der Waals surface area (Å²) in [6, 6.07) is 0. The van der Waals surface area contributed by atoms with Gasteiger partial charge in [0.15, 0.2) is 9.70 Å². The third-order valence-electron chi connectivity index (χ3n) is 0.893. The summed E-state index contributed by atoms with van der Waals surface area (Å²) >= 11 is 7.80. The number of nitrogens with zero attached hydrogens (tertiary/aromatic N) is 1. The van der Waals surface area contributed by atoms with Crippen LogP contribution in [-0.2, 0) is 0 Å². The summed E-state index contributed by atoms with van der Waals surface area (Å²) in [7, 11) is 0. The summed E-state index contributed by atoms with van der Waals surface area (Å²) in [5.74, 6) is -0.0196. The fraction of sp³-hybridized carbons (Fsp3) is 0.200. The quantitative estimate of drug-likeness (QED) is 0.743. The Morgan fingerprint density at radius 3 is 2.40 bits per heavy atom. The van der Waals surface area contributed by atoms with Gasteiger partial charge in [-0.25, -0.2) is 4.98 Å². The van der Waals surface area contributed by atoms with Gasteiger partial charge < -0.3 is 0 Å². The van der Waals surface area contributed by atoms with Gasteiger partial charge in [-0.1, -0.05) is 11.3 Å². The third-order valence-corrected chi connectivity index (χ3v) is 3.05. The molecule has 1 aromatic rings. The normalized spacial score (nSPS) is 9.90. The van der Waals surface area contributed by atoms with Gasteiger partial charge in [0.05, 0.1) is 0 Å². The van der Waals surface area contributed by atoms with Crippen LogP contribution in [-0.4, -0.2) is 10.8 Å². The number of carbonyl (C=O) groups is 1. The van der Waals surface area contributed by atoms with Crippen molar-refractivity contribution < 1.29 is 4.79 Å². The van der Waals surface area contributed by atoms with Gasteiger partial charge >= 0.3 is 0 Å². The molecule has 1 rings (SSSR count). The topological polar surface area (TPSA) is 30.0 Å². The van der Waals surface area contributed by atoms with Gasteiger partial charge in [-0.3, -0.25) is 4.79 Å². The van der Waals surface area contributed by atoms with Crippen LogP contribution in [0, 0.1) is 0 Å². The number of thiazole rings is 1. The molecule has 0 bridgehead atoms. The number of rotatable bonds is 1. The first-order chi connectivity index (χ1) is 4.61. The number of hydrogen-bond acceptors (Lipinski definition) is 3. The van der Waals surface area contributed by atoms with Crippen LogP contribution in [0.5, 0.6) is 0 Å². The lowest BCUT2D eigenvalue weighted by Crippen LogP contribution is -1.91. The molecule has 5 heteroatoms. The van der Waals surface area contributed by atoms with Gasteiger partial charge in [-0.2, -0.15) is 0 Å². The molecule has 0 atom stereocenters. The third kappa shape index (κ3) is 1.65. The lowest BCUT2D eigenvalue weighted by Gasteiger charge is -1.84. The Labute approximate surface area is 78.9 Å². The minimum atomic E-state index is -0.0196. The number of halogens is 2. The van der Waals surface area contributed by atoms with E-state index in [-0.39, 0.29) is 5.78 Å². The molecule has 0 radical (unpaired) electrons. The number of aromatic nitrogens is 1. The molecule has 1 aromatic heterocycles. The first-order valence-corrected chi connectivity index (χ1v) is 4.84. The summed E-state index contributed by atoms with van der Waals surface area (Å²) < 4.78 is 1.51. The Hall–Kier alpha value is 0.260. The van der Waals surface area contributed by atoms with Crippen molar-refractivity contribution in [1.82, 2.24) is 4.98 Å². The second kappa shape index (κ2) is 3.11. The molecule has 0 amide bonds. The van der Waals surface area contributed by atoms with Crippen LogP contribution in [0.4, 0.5) is 0 Å². The van der Waals surface area contributed by atoms with E-state index in [9.17, 15) is 4.79 Å². The van der Waals surface area contributed by atoms with Crippen LogP contribution in [0.1, 0.15) is 17.4 Å². The van der Waals surface area contributed by atoms with Crippen molar-refractivity contribution in [2.75, 3.05) is 0 Å². The molecule has 2 nitrogen and oxygen atoms in total. The lowest BCUT2D eigenvalue weighted by atomic mass is 10.4. The van der Waals surface area contributed by atoms with Crippen molar-refractivity contribution in [1.29, 1.82) is 0 Å². The Kier molecular flexibility index (Phi) is 2.60. The number of ketones is 1. The molecular weight excluding hydrogens is 282 g/mol. The maximum absolute atomic E-state index is 10.8. The van der Waals surface area contributed by atoms with E-state index in [0.29, 0.717) is 5.69 Å². The average molecular weight is 285 g/mol. The highest BCUT2D eigenvalue weighted by Crippen LogP contribution is 2.28. The molecule has 54 valence electrons. The summed E-state index contributed by atoms with van der Waals surface area (Å²) in [5.41, 5.74) is 0.497. The second-order valence-electron chi connectivity index (χ2n) is 1.65. The smallest absolute Gasteiger partial charge is 0.180 e. The van der Waals surface area contributed by atoms with Crippen molar-refractivity contribution in [3.63, 3.8) is 0 Å². The van der Waals surface area contributed by atoms with Gasteiger partial charge in [0.2, 0.25) is 0 Å². The lowest BCUT2D eigenvalue weighted by molar-refractivity contribution is 0.101. The Bertz CT molecular complexity index is 271. The molecule has 0 aliphatic heterocycles. The predicted molar refractivity (Wildman–Crippen MR) is 47.5 cm³/mol. The maximum atomic E-state index is 10.8. The second-order valence-corrected chi connectivity index (χ2v) is 5.24. The molecule has 10 heavy (non-hydrogen) atoms. The molecule has 0 aliphatic carbocycles. The van der Waals surface area contributed by atoms with Crippen molar-refractivity contribution in [2.24, 2.45) is 0 Å². The zero-order valence-electron chi connectivity index (χ0n) is 5.02. The summed E-state index contributed by atoms with van der Waals surface area (Å²) in [5, 5.41) is 0. The van der Waals surface area contributed by atoms with Crippen LogP contribution >= 0.6 is 43.2 Å². The molecule has 0 N–H and O–H groups in total. The summed E-state index contributed by atoms with van der Waals surface area (Å²) in [6.45, 7) is 1.49. The van der Waals surface area contributed by atoms with E-state index in [4.69, 9.17) is 0 Å². The van der Waals surface area contributed by atoms with Crippen molar-refractivity contribution >= 4 is 49.0 Å². The average Bonchev–Trinajstić information content (AvgIpc) is 2.10. The van der Waals surface area contributed by atoms with Gasteiger partial charge in [-0.05, 0) is 31.9 Å². The Balaban J connectivity index is 3.15. The number of hydrogen-bond donors (Lipinski definition) is 0. The van der Waals surface area contributed by atoms with Gasteiger partial charge in [0.1, 0.15) is 9.48 Å². The SMILES string of the molecule is CC(=O)c1nc(Br)sc1Br. The van der Waals surface area contributed by atoms with Crippen molar-refractivity contribution in [3.05, 3.63) is 13.4 Å². The largest absolute Gasteiger partial charge is 0.293 e. The van der Waals surface area contributed by atoms with E-state index in [1.54, 1.807) is 0 Å². The van der Waals surface area contributed by atoms with E-state index >= 15 is 0 Å². The standard InChI is InChI=1S/C5H3Br2NOS/c1-2(9)3-4(6)10-5(7)8-3/h1H3. The molecule has 0 unspecified atom stereocenters. The van der Waals surface area contributed by atoms with E-state index in [0.717, 1.165) is 7.70 Å². The Morgan fingerprint density at radius 1 is 1.60 bits per heavy atom. The van der Waals surface area contributed by atoms with Crippen LogP contribution in [0.25, 0.3) is 0 Å². The number of carbonyl (C=O) groups excluding carboxylic acids is 1. The first kappa shape index (κ1) is 8.36. The highest BCUT2D eigenvalue weighted by molar-refractivity contribution is 9.12. The van der Waals surface area contributed by atoms with E-state index in [1.165, 1.54) is 18.3 Å². The zero-order chi connectivity index (χ0) is 7.72. The molecule has 0 saturated heterocycles. The minimum Gasteiger partial charge on any atom is -0.293 e. The van der Waals surface area contributed by atoms with E-state index < -0.39 is 0 Å². The van der Waals surface area contributed by atoms with Crippen LogP contribution < -0.4 is 0 Å². The Morgan fingerprint density at radius 2 is 2.20 bits per heavy atom. The molecule has 0 aromatic carbocycles. The summed E-state index contributed by atoms with van der Waals surface area (Å²) in [6.07, 6.45) is 0. The highest BCUT2D eigenvalue weighted by Gasteiger charge is 2.10.